The molecule has 0 aromatic heterocycles. The number of amides is 1. The van der Waals surface area contributed by atoms with Crippen LogP contribution in [0, 0.1) is 0 Å². The zero-order valence-electron chi connectivity index (χ0n) is 15.5. The Morgan fingerprint density at radius 3 is 2.50 bits per heavy atom. The molecule has 0 fully saturated rings. The van der Waals surface area contributed by atoms with E-state index >= 15 is 0 Å². The molecule has 0 spiro atoms. The number of esters is 1. The van der Waals surface area contributed by atoms with Crippen molar-refractivity contribution in [2.75, 3.05) is 26.9 Å². The Morgan fingerprint density at radius 2 is 1.92 bits per heavy atom. The molecule has 1 amide bonds. The van der Waals surface area contributed by atoms with Gasteiger partial charge in [-0.05, 0) is 38.5 Å². The molecule has 0 saturated carbocycles. The minimum atomic E-state index is -0.593. The molecule has 0 bridgehead atoms. The maximum absolute atomic E-state index is 12.5. The maximum atomic E-state index is 12.5. The van der Waals surface area contributed by atoms with Crippen molar-refractivity contribution in [2.45, 2.75) is 33.0 Å². The van der Waals surface area contributed by atoms with Crippen molar-refractivity contribution in [1.82, 2.24) is 5.32 Å². The lowest BCUT2D eigenvalue weighted by molar-refractivity contribution is -0.140. The molecule has 0 heterocycles. The van der Waals surface area contributed by atoms with Gasteiger partial charge in [0, 0.05) is 18.2 Å². The average Bonchev–Trinajstić information content (AvgIpc) is 2.63. The molecule has 8 heteroatoms. The summed E-state index contributed by atoms with van der Waals surface area (Å²) in [5.74, 6) is -1.32. The topological polar surface area (TPSA) is 86.2 Å². The first kappa shape index (κ1) is 22.1. The monoisotopic (exact) mass is 384 g/mol. The molecule has 0 radical (unpaired) electrons. The Balaban J connectivity index is 2.87. The van der Waals surface area contributed by atoms with Crippen molar-refractivity contribution in [1.29, 1.82) is 0 Å². The van der Waals surface area contributed by atoms with Crippen LogP contribution >= 0.6 is 11.6 Å². The Hall–Kier alpha value is -1.96. The van der Waals surface area contributed by atoms with Crippen LogP contribution in [0.5, 0.6) is 0 Å². The van der Waals surface area contributed by atoms with Crippen LogP contribution in [0.15, 0.2) is 23.2 Å². The quantitative estimate of drug-likeness (QED) is 0.381. The second-order valence-electron chi connectivity index (χ2n) is 5.29. The summed E-state index contributed by atoms with van der Waals surface area (Å²) < 4.78 is 15.3. The van der Waals surface area contributed by atoms with Crippen LogP contribution in [0.4, 0.5) is 5.69 Å². The van der Waals surface area contributed by atoms with Gasteiger partial charge in [-0.25, -0.2) is 9.79 Å². The van der Waals surface area contributed by atoms with Gasteiger partial charge >= 0.3 is 5.97 Å². The maximum Gasteiger partial charge on any atom is 0.349 e. The van der Waals surface area contributed by atoms with Crippen LogP contribution in [-0.2, 0) is 23.8 Å². The largest absolute Gasteiger partial charge is 0.465 e. The van der Waals surface area contributed by atoms with E-state index in [9.17, 15) is 9.59 Å². The summed E-state index contributed by atoms with van der Waals surface area (Å²) in [4.78, 5) is 27.8. The van der Waals surface area contributed by atoms with Crippen LogP contribution in [0.25, 0.3) is 0 Å². The molecule has 0 aliphatic rings. The number of halogens is 1. The third-order valence-corrected chi connectivity index (χ3v) is 3.75. The molecule has 0 aliphatic carbocycles. The normalized spacial score (nSPS) is 12.4. The molecule has 1 aromatic carbocycles. The number of carbonyl (C=O) groups excluding carboxylic acids is 2. The Morgan fingerprint density at radius 1 is 1.27 bits per heavy atom. The fraction of sp³-hybridized carbons (Fsp3) is 0.500. The number of carbonyl (C=O) groups is 2. The second-order valence-corrected chi connectivity index (χ2v) is 5.73. The van der Waals surface area contributed by atoms with Gasteiger partial charge in [-0.2, -0.15) is 0 Å². The minimum absolute atomic E-state index is 0.216. The van der Waals surface area contributed by atoms with Gasteiger partial charge in [-0.3, -0.25) is 4.79 Å². The Bertz CT molecular complexity index is 630. The first-order valence-corrected chi connectivity index (χ1v) is 8.73. The number of rotatable bonds is 10. The van der Waals surface area contributed by atoms with Crippen molar-refractivity contribution in [3.8, 4) is 0 Å². The number of aliphatic imine (C=N–C) groups is 1. The molecule has 7 nitrogen and oxygen atoms in total. The number of benzene rings is 1. The molecule has 0 aliphatic heterocycles. The summed E-state index contributed by atoms with van der Waals surface area (Å²) in [5.41, 5.74) is 1.06. The molecule has 26 heavy (non-hydrogen) atoms. The van der Waals surface area contributed by atoms with Gasteiger partial charge in [0.15, 0.2) is 6.29 Å². The first-order valence-electron chi connectivity index (χ1n) is 8.35. The summed E-state index contributed by atoms with van der Waals surface area (Å²) in [6, 6.07) is 4.96. The van der Waals surface area contributed by atoms with E-state index in [-0.39, 0.29) is 12.5 Å². The van der Waals surface area contributed by atoms with Gasteiger partial charge in [-0.15, -0.1) is 0 Å². The smallest absolute Gasteiger partial charge is 0.349 e. The van der Waals surface area contributed by atoms with Gasteiger partial charge in [0.05, 0.1) is 25.3 Å². The first-order chi connectivity index (χ1) is 12.4. The number of hydrogen-bond acceptors (Lipinski definition) is 6. The zero-order valence-corrected chi connectivity index (χ0v) is 16.2. The molecular formula is C18H25ClN2O5. The van der Waals surface area contributed by atoms with Gasteiger partial charge in [0.2, 0.25) is 5.91 Å². The van der Waals surface area contributed by atoms with Crippen LogP contribution in [0.1, 0.15) is 32.3 Å². The molecule has 1 unspecified atom stereocenters. The third kappa shape index (κ3) is 7.11. The zero-order chi connectivity index (χ0) is 19.5. The second kappa shape index (κ2) is 11.6. The molecule has 1 rings (SSSR count). The number of ether oxygens (including phenoxy) is 3. The van der Waals surface area contributed by atoms with Crippen LogP contribution in [0.3, 0.4) is 0 Å². The lowest BCUT2D eigenvalue weighted by Crippen LogP contribution is -2.37. The highest BCUT2D eigenvalue weighted by Gasteiger charge is 2.20. The molecule has 1 N–H and O–H groups in total. The van der Waals surface area contributed by atoms with Crippen molar-refractivity contribution < 1.29 is 23.8 Å². The van der Waals surface area contributed by atoms with E-state index in [4.69, 9.17) is 21.1 Å². The van der Waals surface area contributed by atoms with E-state index in [1.54, 1.807) is 25.1 Å². The van der Waals surface area contributed by atoms with E-state index in [2.05, 4.69) is 15.0 Å². The van der Waals surface area contributed by atoms with Crippen LogP contribution < -0.4 is 5.32 Å². The fourth-order valence-corrected chi connectivity index (χ4v) is 2.35. The Labute approximate surface area is 158 Å². The summed E-state index contributed by atoms with van der Waals surface area (Å²) in [6.07, 6.45) is 0.545. The highest BCUT2D eigenvalue weighted by atomic mass is 35.5. The molecule has 1 atom stereocenters. The van der Waals surface area contributed by atoms with E-state index < -0.39 is 18.2 Å². The molecule has 0 saturated heterocycles. The predicted molar refractivity (Wildman–Crippen MR) is 100 cm³/mol. The number of nitrogens with one attached hydrogen (secondary N) is 1. The van der Waals surface area contributed by atoms with Gasteiger partial charge in [-0.1, -0.05) is 17.7 Å². The van der Waals surface area contributed by atoms with Crippen LogP contribution in [0.2, 0.25) is 5.02 Å². The SMILES string of the molecule is CCOC(CNC(=O)C(C)c1ccc(Cl)cc1N=CC(=O)OC)OCC. The highest BCUT2D eigenvalue weighted by molar-refractivity contribution is 6.31. The third-order valence-electron chi connectivity index (χ3n) is 3.51. The van der Waals surface area contributed by atoms with E-state index in [0.29, 0.717) is 29.5 Å². The minimum Gasteiger partial charge on any atom is -0.465 e. The number of methoxy groups -OCH3 is 1. The average molecular weight is 385 g/mol. The summed E-state index contributed by atoms with van der Waals surface area (Å²) >= 11 is 6.00. The highest BCUT2D eigenvalue weighted by Crippen LogP contribution is 2.30. The lowest BCUT2D eigenvalue weighted by atomic mass is 9.98. The van der Waals surface area contributed by atoms with E-state index in [1.165, 1.54) is 7.11 Å². The van der Waals surface area contributed by atoms with E-state index in [1.807, 2.05) is 13.8 Å². The predicted octanol–water partition coefficient (Wildman–Crippen LogP) is 2.83. The fourth-order valence-electron chi connectivity index (χ4n) is 2.19. The molecule has 144 valence electrons. The van der Waals surface area contributed by atoms with Gasteiger partial charge in [0.25, 0.3) is 0 Å². The van der Waals surface area contributed by atoms with E-state index in [0.717, 1.165) is 6.21 Å². The standard InChI is InChI=1S/C18H25ClN2O5/c1-5-25-17(26-6-2)11-21-18(23)12(3)14-8-7-13(19)9-15(14)20-10-16(22)24-4/h7-10,12,17H,5-6,11H2,1-4H3,(H,21,23). The lowest BCUT2D eigenvalue weighted by Gasteiger charge is -2.19. The van der Waals surface area contributed by atoms with Gasteiger partial charge < -0.3 is 19.5 Å². The van der Waals surface area contributed by atoms with Crippen molar-refractivity contribution in [2.24, 2.45) is 4.99 Å². The summed E-state index contributed by atoms with van der Waals surface area (Å²) in [7, 11) is 1.26. The van der Waals surface area contributed by atoms with Crippen molar-refractivity contribution in [3.63, 3.8) is 0 Å². The van der Waals surface area contributed by atoms with Crippen LogP contribution in [-0.4, -0.2) is 51.2 Å². The number of hydrogen-bond donors (Lipinski definition) is 1. The van der Waals surface area contributed by atoms with Crippen molar-refractivity contribution in [3.05, 3.63) is 28.8 Å². The molecular weight excluding hydrogens is 360 g/mol. The summed E-state index contributed by atoms with van der Waals surface area (Å²) in [6.45, 7) is 6.66. The Kier molecular flexibility index (Phi) is 9.87. The summed E-state index contributed by atoms with van der Waals surface area (Å²) in [5, 5.41) is 3.25. The number of nitrogens with zero attached hydrogens (tertiary/aromatic N) is 1. The van der Waals surface area contributed by atoms with Crippen molar-refractivity contribution >= 4 is 35.4 Å². The van der Waals surface area contributed by atoms with Gasteiger partial charge in [0.1, 0.15) is 6.21 Å². The molecule has 1 aromatic rings.